The maximum absolute atomic E-state index is 11.9. The monoisotopic (exact) mass is 307 g/mol. The van der Waals surface area contributed by atoms with Crippen molar-refractivity contribution in [1.29, 1.82) is 0 Å². The molecule has 1 heterocycles. The Bertz CT molecular complexity index is 336. The van der Waals surface area contributed by atoms with Gasteiger partial charge in [-0.3, -0.25) is 9.78 Å². The maximum Gasteiger partial charge on any atom is 0.222 e. The zero-order valence-electron chi connectivity index (χ0n) is 11.5. The molecule has 6 heteroatoms. The third-order valence-electron chi connectivity index (χ3n) is 2.63. The summed E-state index contributed by atoms with van der Waals surface area (Å²) >= 11 is 0. The Kier molecular flexibility index (Phi) is 13.2. The van der Waals surface area contributed by atoms with Gasteiger partial charge in [0.15, 0.2) is 0 Å². The van der Waals surface area contributed by atoms with Gasteiger partial charge >= 0.3 is 0 Å². The maximum atomic E-state index is 11.9. The lowest BCUT2D eigenvalue weighted by Gasteiger charge is -2.20. The van der Waals surface area contributed by atoms with E-state index in [1.807, 2.05) is 37.1 Å². The summed E-state index contributed by atoms with van der Waals surface area (Å²) in [4.78, 5) is 18.0. The SMILES string of the molecule is CCN(Cc1ccccn1)C(=O)CCCNC.Cl.Cl. The van der Waals surface area contributed by atoms with Crippen LogP contribution in [0.2, 0.25) is 0 Å². The van der Waals surface area contributed by atoms with Gasteiger partial charge < -0.3 is 10.2 Å². The first-order valence-electron chi connectivity index (χ1n) is 6.10. The molecule has 1 amide bonds. The quantitative estimate of drug-likeness (QED) is 0.786. The number of hydrogen-bond donors (Lipinski definition) is 1. The first-order valence-corrected chi connectivity index (χ1v) is 6.10. The molecule has 0 spiro atoms. The summed E-state index contributed by atoms with van der Waals surface area (Å²) in [5, 5.41) is 3.05. The van der Waals surface area contributed by atoms with Gasteiger partial charge in [-0.05, 0) is 39.1 Å². The van der Waals surface area contributed by atoms with Crippen LogP contribution in [-0.4, -0.2) is 35.9 Å². The van der Waals surface area contributed by atoms with Crippen molar-refractivity contribution in [3.63, 3.8) is 0 Å². The molecule has 4 nitrogen and oxygen atoms in total. The van der Waals surface area contributed by atoms with Crippen LogP contribution in [0.15, 0.2) is 24.4 Å². The second kappa shape index (κ2) is 12.2. The molecule has 0 unspecified atom stereocenters. The predicted octanol–water partition coefficient (Wildman–Crippen LogP) is 2.27. The molecule has 1 rings (SSSR count). The Morgan fingerprint density at radius 2 is 2.11 bits per heavy atom. The van der Waals surface area contributed by atoms with E-state index in [9.17, 15) is 4.79 Å². The minimum atomic E-state index is 0. The highest BCUT2D eigenvalue weighted by atomic mass is 35.5. The van der Waals surface area contributed by atoms with Crippen molar-refractivity contribution in [2.24, 2.45) is 0 Å². The highest BCUT2D eigenvalue weighted by molar-refractivity contribution is 5.85. The van der Waals surface area contributed by atoms with Crippen molar-refractivity contribution >= 4 is 30.7 Å². The molecule has 0 aliphatic heterocycles. The van der Waals surface area contributed by atoms with Crippen molar-refractivity contribution in [2.45, 2.75) is 26.3 Å². The lowest BCUT2D eigenvalue weighted by atomic mass is 10.2. The van der Waals surface area contributed by atoms with Gasteiger partial charge in [-0.25, -0.2) is 0 Å². The lowest BCUT2D eigenvalue weighted by Crippen LogP contribution is -2.30. The first kappa shape index (κ1) is 20.5. The third kappa shape index (κ3) is 8.03. The summed E-state index contributed by atoms with van der Waals surface area (Å²) < 4.78 is 0. The van der Waals surface area contributed by atoms with Gasteiger partial charge in [0.05, 0.1) is 12.2 Å². The average molecular weight is 308 g/mol. The topological polar surface area (TPSA) is 45.2 Å². The molecular weight excluding hydrogens is 285 g/mol. The largest absolute Gasteiger partial charge is 0.337 e. The normalized spacial score (nSPS) is 9.16. The van der Waals surface area contributed by atoms with Gasteiger partial charge in [-0.15, -0.1) is 24.8 Å². The number of pyridine rings is 1. The van der Waals surface area contributed by atoms with Gasteiger partial charge in [0.1, 0.15) is 0 Å². The van der Waals surface area contributed by atoms with Crippen LogP contribution in [0.4, 0.5) is 0 Å². The summed E-state index contributed by atoms with van der Waals surface area (Å²) in [6.45, 7) is 4.22. The van der Waals surface area contributed by atoms with E-state index >= 15 is 0 Å². The van der Waals surface area contributed by atoms with Crippen molar-refractivity contribution < 1.29 is 4.79 Å². The number of halogens is 2. The van der Waals surface area contributed by atoms with Crippen molar-refractivity contribution in [3.05, 3.63) is 30.1 Å². The number of nitrogens with zero attached hydrogens (tertiary/aromatic N) is 2. The van der Waals surface area contributed by atoms with Gasteiger partial charge in [0, 0.05) is 19.2 Å². The predicted molar refractivity (Wildman–Crippen MR) is 83.0 cm³/mol. The van der Waals surface area contributed by atoms with Crippen LogP contribution in [0.3, 0.4) is 0 Å². The summed E-state index contributed by atoms with van der Waals surface area (Å²) in [7, 11) is 1.90. The van der Waals surface area contributed by atoms with Crippen LogP contribution in [0.1, 0.15) is 25.5 Å². The molecule has 1 aromatic rings. The van der Waals surface area contributed by atoms with Crippen molar-refractivity contribution in [3.8, 4) is 0 Å². The Hall–Kier alpha value is -0.840. The van der Waals surface area contributed by atoms with E-state index in [1.165, 1.54) is 0 Å². The molecule has 1 aromatic heterocycles. The summed E-state index contributed by atoms with van der Waals surface area (Å²) in [5.74, 6) is 0.202. The number of carbonyl (C=O) groups is 1. The van der Waals surface area contributed by atoms with Gasteiger partial charge in [-0.1, -0.05) is 6.07 Å². The fourth-order valence-electron chi connectivity index (χ4n) is 1.64. The minimum absolute atomic E-state index is 0. The molecule has 0 radical (unpaired) electrons. The Morgan fingerprint density at radius 1 is 1.37 bits per heavy atom. The summed E-state index contributed by atoms with van der Waals surface area (Å²) in [6.07, 6.45) is 3.24. The molecule has 0 aromatic carbocycles. The molecule has 0 bridgehead atoms. The van der Waals surface area contributed by atoms with Crippen LogP contribution in [0.25, 0.3) is 0 Å². The number of rotatable bonds is 7. The lowest BCUT2D eigenvalue weighted by molar-refractivity contribution is -0.131. The minimum Gasteiger partial charge on any atom is -0.337 e. The number of nitrogens with one attached hydrogen (secondary N) is 1. The van der Waals surface area contributed by atoms with Crippen LogP contribution in [0.5, 0.6) is 0 Å². The molecule has 0 saturated heterocycles. The highest BCUT2D eigenvalue weighted by Crippen LogP contribution is 2.04. The van der Waals surface area contributed by atoms with E-state index in [-0.39, 0.29) is 30.7 Å². The zero-order valence-corrected chi connectivity index (χ0v) is 13.1. The molecule has 110 valence electrons. The Labute approximate surface area is 127 Å². The van der Waals surface area contributed by atoms with Crippen molar-refractivity contribution in [2.75, 3.05) is 20.1 Å². The van der Waals surface area contributed by atoms with E-state index < -0.39 is 0 Å². The second-order valence-electron chi connectivity index (χ2n) is 3.94. The van der Waals surface area contributed by atoms with Crippen LogP contribution in [0, 0.1) is 0 Å². The van der Waals surface area contributed by atoms with Crippen molar-refractivity contribution in [1.82, 2.24) is 15.2 Å². The molecule has 0 aliphatic rings. The zero-order chi connectivity index (χ0) is 12.5. The van der Waals surface area contributed by atoms with Gasteiger partial charge in [0.2, 0.25) is 5.91 Å². The van der Waals surface area contributed by atoms with Crippen LogP contribution >= 0.6 is 24.8 Å². The number of hydrogen-bond acceptors (Lipinski definition) is 3. The fourth-order valence-corrected chi connectivity index (χ4v) is 1.64. The molecule has 19 heavy (non-hydrogen) atoms. The van der Waals surface area contributed by atoms with E-state index in [0.717, 1.165) is 25.2 Å². The smallest absolute Gasteiger partial charge is 0.222 e. The van der Waals surface area contributed by atoms with E-state index in [2.05, 4.69) is 10.3 Å². The molecule has 0 fully saturated rings. The van der Waals surface area contributed by atoms with E-state index in [0.29, 0.717) is 13.0 Å². The van der Waals surface area contributed by atoms with Gasteiger partial charge in [-0.2, -0.15) is 0 Å². The van der Waals surface area contributed by atoms with Gasteiger partial charge in [0.25, 0.3) is 0 Å². The number of carbonyl (C=O) groups excluding carboxylic acids is 1. The van der Waals surface area contributed by atoms with E-state index in [1.54, 1.807) is 6.20 Å². The van der Waals surface area contributed by atoms with E-state index in [4.69, 9.17) is 0 Å². The molecule has 0 aliphatic carbocycles. The molecule has 0 saturated carbocycles. The highest BCUT2D eigenvalue weighted by Gasteiger charge is 2.11. The van der Waals surface area contributed by atoms with Crippen LogP contribution < -0.4 is 5.32 Å². The second-order valence-corrected chi connectivity index (χ2v) is 3.94. The summed E-state index contributed by atoms with van der Waals surface area (Å²) in [5.41, 5.74) is 0.941. The number of amides is 1. The Morgan fingerprint density at radius 3 is 2.63 bits per heavy atom. The molecule has 0 atom stereocenters. The molecular formula is C13H23Cl2N3O. The van der Waals surface area contributed by atoms with Crippen LogP contribution in [-0.2, 0) is 11.3 Å². The third-order valence-corrected chi connectivity index (χ3v) is 2.63. The number of aromatic nitrogens is 1. The molecule has 1 N–H and O–H groups in total. The Balaban J connectivity index is 0. The fraction of sp³-hybridized carbons (Fsp3) is 0.538. The summed E-state index contributed by atoms with van der Waals surface area (Å²) in [6, 6.07) is 5.78. The first-order chi connectivity index (χ1) is 8.27. The standard InChI is InChI=1S/C13H21N3O.2ClH/c1-3-16(13(17)8-6-9-14-2)11-12-7-4-5-10-15-12;;/h4-5,7,10,14H,3,6,8-9,11H2,1-2H3;2*1H. The average Bonchev–Trinajstić information content (AvgIpc) is 2.37.